The second kappa shape index (κ2) is 6.91. The van der Waals surface area contributed by atoms with Gasteiger partial charge < -0.3 is 10.1 Å². The molecule has 0 spiro atoms. The van der Waals surface area contributed by atoms with Crippen LogP contribution in [0.1, 0.15) is 22.0 Å². The van der Waals surface area contributed by atoms with Gasteiger partial charge in [-0.1, -0.05) is 46.3 Å². The van der Waals surface area contributed by atoms with Crippen LogP contribution < -0.4 is 10.1 Å². The van der Waals surface area contributed by atoms with Crippen molar-refractivity contribution in [3.8, 4) is 11.8 Å². The molecule has 0 aliphatic rings. The van der Waals surface area contributed by atoms with Gasteiger partial charge in [-0.2, -0.15) is 5.26 Å². The van der Waals surface area contributed by atoms with Crippen molar-refractivity contribution >= 4 is 21.8 Å². The largest absolute Gasteiger partial charge is 0.496 e. The van der Waals surface area contributed by atoms with Gasteiger partial charge in [0.15, 0.2) is 0 Å². The number of nitriles is 1. The highest BCUT2D eigenvalue weighted by atomic mass is 79.9. The standard InChI is InChI=1S/C16H13BrN2O2/c1-21-15-9-12(17)7-8-13(15)16(20)19-14(10-18)11-5-3-2-4-6-11/h2-9,14H,1H3,(H,19,20). The van der Waals surface area contributed by atoms with Gasteiger partial charge >= 0.3 is 0 Å². The van der Waals surface area contributed by atoms with Gasteiger partial charge in [0.25, 0.3) is 5.91 Å². The van der Waals surface area contributed by atoms with Gasteiger partial charge in [-0.15, -0.1) is 0 Å². The number of benzene rings is 2. The van der Waals surface area contributed by atoms with Crippen LogP contribution >= 0.6 is 15.9 Å². The Morgan fingerprint density at radius 2 is 2.00 bits per heavy atom. The summed E-state index contributed by atoms with van der Waals surface area (Å²) in [5.41, 5.74) is 1.13. The number of ether oxygens (including phenoxy) is 1. The molecule has 0 radical (unpaired) electrons. The molecule has 21 heavy (non-hydrogen) atoms. The van der Waals surface area contributed by atoms with Gasteiger partial charge in [-0.3, -0.25) is 4.79 Å². The maximum Gasteiger partial charge on any atom is 0.256 e. The number of hydrogen-bond donors (Lipinski definition) is 1. The maximum absolute atomic E-state index is 12.3. The number of amides is 1. The van der Waals surface area contributed by atoms with Crippen molar-refractivity contribution in [2.45, 2.75) is 6.04 Å². The molecule has 0 saturated heterocycles. The number of rotatable bonds is 4. The van der Waals surface area contributed by atoms with E-state index in [1.165, 1.54) is 7.11 Å². The molecule has 0 bridgehead atoms. The molecule has 0 heterocycles. The van der Waals surface area contributed by atoms with Crippen LogP contribution in [0.5, 0.6) is 5.75 Å². The average molecular weight is 345 g/mol. The number of methoxy groups -OCH3 is 1. The molecule has 1 N–H and O–H groups in total. The fourth-order valence-electron chi connectivity index (χ4n) is 1.90. The minimum Gasteiger partial charge on any atom is -0.496 e. The normalized spacial score (nSPS) is 11.3. The van der Waals surface area contributed by atoms with E-state index in [9.17, 15) is 10.1 Å². The third kappa shape index (κ3) is 3.61. The van der Waals surface area contributed by atoms with Crippen LogP contribution in [0.4, 0.5) is 0 Å². The van der Waals surface area contributed by atoms with E-state index >= 15 is 0 Å². The molecule has 0 aromatic heterocycles. The fraction of sp³-hybridized carbons (Fsp3) is 0.125. The summed E-state index contributed by atoms with van der Waals surface area (Å²) in [5, 5.41) is 11.9. The summed E-state index contributed by atoms with van der Waals surface area (Å²) < 4.78 is 6.01. The molecule has 5 heteroatoms. The topological polar surface area (TPSA) is 62.1 Å². The molecular formula is C16H13BrN2O2. The van der Waals surface area contributed by atoms with E-state index in [0.717, 1.165) is 10.0 Å². The molecule has 2 aromatic carbocycles. The van der Waals surface area contributed by atoms with Crippen molar-refractivity contribution in [2.24, 2.45) is 0 Å². The van der Waals surface area contributed by atoms with Crippen molar-refractivity contribution < 1.29 is 9.53 Å². The Kier molecular flexibility index (Phi) is 4.96. The molecule has 1 atom stereocenters. The van der Waals surface area contributed by atoms with Crippen molar-refractivity contribution in [3.05, 3.63) is 64.1 Å². The van der Waals surface area contributed by atoms with E-state index < -0.39 is 6.04 Å². The number of carbonyl (C=O) groups is 1. The first-order valence-corrected chi connectivity index (χ1v) is 7.04. The highest BCUT2D eigenvalue weighted by Gasteiger charge is 2.18. The van der Waals surface area contributed by atoms with Crippen LogP contribution in [0.25, 0.3) is 0 Å². The highest BCUT2D eigenvalue weighted by molar-refractivity contribution is 9.10. The Morgan fingerprint density at radius 3 is 2.62 bits per heavy atom. The zero-order valence-corrected chi connectivity index (χ0v) is 12.9. The summed E-state index contributed by atoms with van der Waals surface area (Å²) in [7, 11) is 1.50. The molecule has 4 nitrogen and oxygen atoms in total. The molecule has 0 saturated carbocycles. The lowest BCUT2D eigenvalue weighted by molar-refractivity contribution is 0.0942. The maximum atomic E-state index is 12.3. The zero-order chi connectivity index (χ0) is 15.2. The molecule has 2 aromatic rings. The lowest BCUT2D eigenvalue weighted by Gasteiger charge is -2.14. The lowest BCUT2D eigenvalue weighted by atomic mass is 10.1. The Hall–Kier alpha value is -2.32. The number of hydrogen-bond acceptors (Lipinski definition) is 3. The zero-order valence-electron chi connectivity index (χ0n) is 11.3. The minimum absolute atomic E-state index is 0.352. The van der Waals surface area contributed by atoms with Gasteiger partial charge in [-0.25, -0.2) is 0 Å². The highest BCUT2D eigenvalue weighted by Crippen LogP contribution is 2.24. The van der Waals surface area contributed by atoms with E-state index in [-0.39, 0.29) is 5.91 Å². The van der Waals surface area contributed by atoms with Crippen molar-refractivity contribution in [2.75, 3.05) is 7.11 Å². The summed E-state index contributed by atoms with van der Waals surface area (Å²) in [6.45, 7) is 0. The number of carbonyl (C=O) groups excluding carboxylic acids is 1. The molecular weight excluding hydrogens is 332 g/mol. The number of nitrogens with zero attached hydrogens (tertiary/aromatic N) is 1. The molecule has 0 aliphatic heterocycles. The number of halogens is 1. The van der Waals surface area contributed by atoms with Crippen molar-refractivity contribution in [1.29, 1.82) is 5.26 Å². The summed E-state index contributed by atoms with van der Waals surface area (Å²) >= 11 is 3.32. The van der Waals surface area contributed by atoms with Crippen LogP contribution in [0.2, 0.25) is 0 Å². The van der Waals surface area contributed by atoms with E-state index in [1.807, 2.05) is 18.2 Å². The molecule has 0 fully saturated rings. The third-order valence-electron chi connectivity index (χ3n) is 2.95. The second-order valence-corrected chi connectivity index (χ2v) is 5.21. The van der Waals surface area contributed by atoms with Crippen LogP contribution in [0.15, 0.2) is 53.0 Å². The third-order valence-corrected chi connectivity index (χ3v) is 3.44. The summed E-state index contributed by atoms with van der Waals surface area (Å²) in [6.07, 6.45) is 0. The first-order valence-electron chi connectivity index (χ1n) is 6.24. The minimum atomic E-state index is -0.702. The molecule has 106 valence electrons. The Labute approximate surface area is 131 Å². The second-order valence-electron chi connectivity index (χ2n) is 4.29. The van der Waals surface area contributed by atoms with Gasteiger partial charge in [0.05, 0.1) is 18.7 Å². The van der Waals surface area contributed by atoms with Gasteiger partial charge in [-0.05, 0) is 23.8 Å². The van der Waals surface area contributed by atoms with Crippen LogP contribution in [0.3, 0.4) is 0 Å². The molecule has 2 rings (SSSR count). The quantitative estimate of drug-likeness (QED) is 0.923. The van der Waals surface area contributed by atoms with E-state index in [0.29, 0.717) is 11.3 Å². The Balaban J connectivity index is 2.23. The van der Waals surface area contributed by atoms with E-state index in [2.05, 4.69) is 27.3 Å². The number of nitrogens with one attached hydrogen (secondary N) is 1. The summed E-state index contributed by atoms with van der Waals surface area (Å²) in [5.74, 6) is 0.0985. The first-order chi connectivity index (χ1) is 10.2. The Morgan fingerprint density at radius 1 is 1.29 bits per heavy atom. The van der Waals surface area contributed by atoms with Gasteiger partial charge in [0.2, 0.25) is 0 Å². The summed E-state index contributed by atoms with van der Waals surface area (Å²) in [6, 6.07) is 15.6. The summed E-state index contributed by atoms with van der Waals surface area (Å²) in [4.78, 5) is 12.3. The predicted octanol–water partition coefficient (Wildman–Crippen LogP) is 3.45. The van der Waals surface area contributed by atoms with Crippen LogP contribution in [-0.4, -0.2) is 13.0 Å². The monoisotopic (exact) mass is 344 g/mol. The SMILES string of the molecule is COc1cc(Br)ccc1C(=O)NC(C#N)c1ccccc1. The van der Waals surface area contributed by atoms with E-state index in [1.54, 1.807) is 30.3 Å². The van der Waals surface area contributed by atoms with Gasteiger partial charge in [0.1, 0.15) is 11.8 Å². The first kappa shape index (κ1) is 15.1. The Bertz CT molecular complexity index is 680. The fourth-order valence-corrected chi connectivity index (χ4v) is 2.24. The average Bonchev–Trinajstić information content (AvgIpc) is 2.53. The van der Waals surface area contributed by atoms with Gasteiger partial charge in [0, 0.05) is 4.47 Å². The van der Waals surface area contributed by atoms with E-state index in [4.69, 9.17) is 4.74 Å². The molecule has 0 aliphatic carbocycles. The molecule has 1 unspecified atom stereocenters. The van der Waals surface area contributed by atoms with Crippen molar-refractivity contribution in [1.82, 2.24) is 5.32 Å². The smallest absolute Gasteiger partial charge is 0.256 e. The lowest BCUT2D eigenvalue weighted by Crippen LogP contribution is -2.27. The van der Waals surface area contributed by atoms with Crippen LogP contribution in [0, 0.1) is 11.3 Å². The molecule has 1 amide bonds. The van der Waals surface area contributed by atoms with Crippen molar-refractivity contribution in [3.63, 3.8) is 0 Å². The van der Waals surface area contributed by atoms with Crippen LogP contribution in [-0.2, 0) is 0 Å². The predicted molar refractivity (Wildman–Crippen MR) is 83.0 cm³/mol.